The summed E-state index contributed by atoms with van der Waals surface area (Å²) in [7, 11) is 0. The van der Waals surface area contributed by atoms with E-state index >= 15 is 0 Å². The lowest BCUT2D eigenvalue weighted by atomic mass is 10.0. The van der Waals surface area contributed by atoms with E-state index in [1.165, 1.54) is 0 Å². The van der Waals surface area contributed by atoms with E-state index in [2.05, 4.69) is 0 Å². The Morgan fingerprint density at radius 3 is 2.76 bits per heavy atom. The van der Waals surface area contributed by atoms with Gasteiger partial charge in [-0.1, -0.05) is 18.2 Å². The Morgan fingerprint density at radius 2 is 2.05 bits per heavy atom. The van der Waals surface area contributed by atoms with E-state index in [-0.39, 0.29) is 17.9 Å². The number of amides is 1. The Balaban J connectivity index is 1.97. The fourth-order valence-corrected chi connectivity index (χ4v) is 3.14. The summed E-state index contributed by atoms with van der Waals surface area (Å²) in [6.45, 7) is 3.34. The predicted molar refractivity (Wildman–Crippen MR) is 75.8 cm³/mol. The minimum Gasteiger partial charge on any atom is -0.464 e. The van der Waals surface area contributed by atoms with Gasteiger partial charge in [0.05, 0.1) is 6.61 Å². The first kappa shape index (κ1) is 14.1. The van der Waals surface area contributed by atoms with E-state index in [0.717, 1.165) is 18.4 Å². The molecule has 1 amide bonds. The maximum absolute atomic E-state index is 12.7. The molecule has 5 nitrogen and oxygen atoms in total. The summed E-state index contributed by atoms with van der Waals surface area (Å²) in [5, 5.41) is 0. The third kappa shape index (κ3) is 2.42. The van der Waals surface area contributed by atoms with Crippen LogP contribution in [-0.2, 0) is 14.3 Å². The summed E-state index contributed by atoms with van der Waals surface area (Å²) in [5.74, 6) is -0.419. The van der Waals surface area contributed by atoms with E-state index < -0.39 is 6.04 Å². The SMILES string of the molecule is CCOC(=O)[C@@H]1c2ccccc2C(=O)N1C1CCOCC1. The quantitative estimate of drug-likeness (QED) is 0.798. The number of hydrogen-bond acceptors (Lipinski definition) is 4. The van der Waals surface area contributed by atoms with Crippen molar-refractivity contribution in [2.24, 2.45) is 0 Å². The molecule has 1 aromatic rings. The Morgan fingerprint density at radius 1 is 1.33 bits per heavy atom. The van der Waals surface area contributed by atoms with Gasteiger partial charge in [0, 0.05) is 24.8 Å². The number of rotatable bonds is 3. The number of carbonyl (C=O) groups excluding carboxylic acids is 2. The molecule has 0 N–H and O–H groups in total. The minimum absolute atomic E-state index is 0.0352. The highest BCUT2D eigenvalue weighted by Crippen LogP contribution is 2.38. The lowest BCUT2D eigenvalue weighted by molar-refractivity contribution is -0.149. The van der Waals surface area contributed by atoms with Gasteiger partial charge < -0.3 is 14.4 Å². The lowest BCUT2D eigenvalue weighted by Crippen LogP contribution is -2.44. The molecule has 5 heteroatoms. The lowest BCUT2D eigenvalue weighted by Gasteiger charge is -2.34. The van der Waals surface area contributed by atoms with Crippen LogP contribution < -0.4 is 0 Å². The summed E-state index contributed by atoms with van der Waals surface area (Å²) in [4.78, 5) is 26.8. The van der Waals surface area contributed by atoms with Gasteiger partial charge in [0.1, 0.15) is 0 Å². The topological polar surface area (TPSA) is 55.8 Å². The number of benzene rings is 1. The second-order valence-corrected chi connectivity index (χ2v) is 5.30. The molecule has 1 atom stereocenters. The normalized spacial score (nSPS) is 22.2. The van der Waals surface area contributed by atoms with E-state index in [0.29, 0.717) is 25.4 Å². The van der Waals surface area contributed by atoms with E-state index in [1.807, 2.05) is 18.2 Å². The molecule has 2 heterocycles. The number of ether oxygens (including phenoxy) is 2. The van der Waals surface area contributed by atoms with Crippen molar-refractivity contribution in [3.8, 4) is 0 Å². The maximum Gasteiger partial charge on any atom is 0.333 e. The van der Waals surface area contributed by atoms with Crippen LogP contribution in [0.25, 0.3) is 0 Å². The first-order valence-corrected chi connectivity index (χ1v) is 7.40. The molecule has 2 aliphatic heterocycles. The van der Waals surface area contributed by atoms with Gasteiger partial charge in [-0.2, -0.15) is 0 Å². The second kappa shape index (κ2) is 5.85. The first-order valence-electron chi connectivity index (χ1n) is 7.40. The van der Waals surface area contributed by atoms with Crippen molar-refractivity contribution in [1.82, 2.24) is 4.90 Å². The van der Waals surface area contributed by atoms with Crippen LogP contribution in [0.3, 0.4) is 0 Å². The summed E-state index contributed by atoms with van der Waals surface area (Å²) in [5.41, 5.74) is 1.37. The molecule has 0 aliphatic carbocycles. The van der Waals surface area contributed by atoms with Crippen LogP contribution in [0.4, 0.5) is 0 Å². The number of hydrogen-bond donors (Lipinski definition) is 0. The molecule has 2 aliphatic rings. The third-order valence-electron chi connectivity index (χ3n) is 4.09. The summed E-state index contributed by atoms with van der Waals surface area (Å²) >= 11 is 0. The van der Waals surface area contributed by atoms with Gasteiger partial charge in [0.15, 0.2) is 6.04 Å². The Bertz CT molecular complexity index is 551. The Hall–Kier alpha value is -1.88. The van der Waals surface area contributed by atoms with Gasteiger partial charge in [-0.05, 0) is 31.4 Å². The first-order chi connectivity index (χ1) is 10.2. The third-order valence-corrected chi connectivity index (χ3v) is 4.09. The Kier molecular flexibility index (Phi) is 3.92. The summed E-state index contributed by atoms with van der Waals surface area (Å²) < 4.78 is 10.5. The zero-order valence-electron chi connectivity index (χ0n) is 12.1. The molecule has 0 unspecified atom stereocenters. The fourth-order valence-electron chi connectivity index (χ4n) is 3.14. The maximum atomic E-state index is 12.7. The van der Waals surface area contributed by atoms with Crippen molar-refractivity contribution >= 4 is 11.9 Å². The number of esters is 1. The molecule has 0 radical (unpaired) electrons. The van der Waals surface area contributed by atoms with Crippen LogP contribution in [0, 0.1) is 0 Å². The van der Waals surface area contributed by atoms with Gasteiger partial charge in [0.25, 0.3) is 5.91 Å². The van der Waals surface area contributed by atoms with E-state index in [4.69, 9.17) is 9.47 Å². The molecule has 0 saturated carbocycles. The van der Waals surface area contributed by atoms with E-state index in [1.54, 1.807) is 17.9 Å². The highest BCUT2D eigenvalue weighted by Gasteiger charge is 2.45. The molecule has 0 aromatic heterocycles. The number of fused-ring (bicyclic) bond motifs is 1. The van der Waals surface area contributed by atoms with Gasteiger partial charge in [-0.25, -0.2) is 4.79 Å². The van der Waals surface area contributed by atoms with Crippen LogP contribution in [0.2, 0.25) is 0 Å². The summed E-state index contributed by atoms with van der Waals surface area (Å²) in [6, 6.07) is 6.72. The molecule has 0 spiro atoms. The highest BCUT2D eigenvalue weighted by atomic mass is 16.5. The molecule has 21 heavy (non-hydrogen) atoms. The van der Waals surface area contributed by atoms with Crippen LogP contribution in [0.1, 0.15) is 41.7 Å². The van der Waals surface area contributed by atoms with Crippen molar-refractivity contribution in [2.45, 2.75) is 31.8 Å². The molecule has 112 valence electrons. The van der Waals surface area contributed by atoms with Crippen LogP contribution in [0.15, 0.2) is 24.3 Å². The molecule has 1 saturated heterocycles. The zero-order valence-corrected chi connectivity index (χ0v) is 12.1. The van der Waals surface area contributed by atoms with Crippen LogP contribution in [0.5, 0.6) is 0 Å². The van der Waals surface area contributed by atoms with Crippen molar-refractivity contribution in [1.29, 1.82) is 0 Å². The highest BCUT2D eigenvalue weighted by molar-refractivity contribution is 6.04. The van der Waals surface area contributed by atoms with Crippen molar-refractivity contribution < 1.29 is 19.1 Å². The molecule has 1 aromatic carbocycles. The number of carbonyl (C=O) groups is 2. The smallest absolute Gasteiger partial charge is 0.333 e. The van der Waals surface area contributed by atoms with Gasteiger partial charge >= 0.3 is 5.97 Å². The van der Waals surface area contributed by atoms with Crippen molar-refractivity contribution in [3.63, 3.8) is 0 Å². The van der Waals surface area contributed by atoms with Gasteiger partial charge in [-0.15, -0.1) is 0 Å². The molecular formula is C16H19NO4. The van der Waals surface area contributed by atoms with Crippen molar-refractivity contribution in [2.75, 3.05) is 19.8 Å². The van der Waals surface area contributed by atoms with Crippen LogP contribution in [-0.4, -0.2) is 42.6 Å². The average Bonchev–Trinajstić information content (AvgIpc) is 2.82. The fraction of sp³-hybridized carbons (Fsp3) is 0.500. The number of nitrogens with zero attached hydrogens (tertiary/aromatic N) is 1. The average molecular weight is 289 g/mol. The Labute approximate surface area is 123 Å². The zero-order chi connectivity index (χ0) is 14.8. The van der Waals surface area contributed by atoms with E-state index in [9.17, 15) is 9.59 Å². The summed E-state index contributed by atoms with van der Waals surface area (Å²) in [6.07, 6.45) is 1.52. The van der Waals surface area contributed by atoms with Crippen LogP contribution >= 0.6 is 0 Å². The van der Waals surface area contributed by atoms with Gasteiger partial charge in [0.2, 0.25) is 0 Å². The minimum atomic E-state index is -0.614. The van der Waals surface area contributed by atoms with Gasteiger partial charge in [-0.3, -0.25) is 4.79 Å². The molecule has 0 bridgehead atoms. The molecular weight excluding hydrogens is 270 g/mol. The largest absolute Gasteiger partial charge is 0.464 e. The second-order valence-electron chi connectivity index (χ2n) is 5.30. The van der Waals surface area contributed by atoms with Crippen molar-refractivity contribution in [3.05, 3.63) is 35.4 Å². The predicted octanol–water partition coefficient (Wildman–Crippen LogP) is 1.93. The molecule has 3 rings (SSSR count). The monoisotopic (exact) mass is 289 g/mol. The molecule has 1 fully saturated rings. The standard InChI is InChI=1S/C16H19NO4/c1-2-21-16(19)14-12-5-3-4-6-13(12)15(18)17(14)11-7-9-20-10-8-11/h3-6,11,14H,2,7-10H2,1H3/t14-/m0/s1.